The number of nitro groups is 1. The zero-order chi connectivity index (χ0) is 17.3. The van der Waals surface area contributed by atoms with Gasteiger partial charge in [0.05, 0.1) is 6.54 Å². The number of carbonyl (C=O) groups is 1. The molecule has 10 heteroatoms. The Labute approximate surface area is 148 Å². The van der Waals surface area contributed by atoms with E-state index in [2.05, 4.69) is 31.5 Å². The molecule has 0 saturated heterocycles. The lowest BCUT2D eigenvalue weighted by Crippen LogP contribution is -2.22. The number of imidazole rings is 1. The molecule has 0 atom stereocenters. The normalized spacial score (nSPS) is 10.8. The van der Waals surface area contributed by atoms with Crippen molar-refractivity contribution in [3.05, 3.63) is 49.9 Å². The molecule has 0 aliphatic heterocycles. The number of rotatable bonds is 5. The number of amides is 1. The molecule has 3 aromatic rings. The Kier molecular flexibility index (Phi) is 4.49. The van der Waals surface area contributed by atoms with E-state index in [9.17, 15) is 14.9 Å². The lowest BCUT2D eigenvalue weighted by Gasteiger charge is -2.09. The van der Waals surface area contributed by atoms with E-state index < -0.39 is 4.92 Å². The van der Waals surface area contributed by atoms with Crippen LogP contribution in [0.4, 0.5) is 17.3 Å². The molecule has 2 heterocycles. The highest BCUT2D eigenvalue weighted by molar-refractivity contribution is 9.10. The van der Waals surface area contributed by atoms with Crippen molar-refractivity contribution in [1.29, 1.82) is 0 Å². The molecule has 0 fully saturated rings. The minimum atomic E-state index is -0.522. The third-order valence-corrected chi connectivity index (χ3v) is 4.54. The number of nitrogens with one attached hydrogen (secondary N) is 2. The molecule has 8 nitrogen and oxygen atoms in total. The molecule has 0 aliphatic rings. The minimum absolute atomic E-state index is 0.0783. The van der Waals surface area contributed by atoms with Crippen LogP contribution in [0.5, 0.6) is 0 Å². The second-order valence-corrected chi connectivity index (χ2v) is 6.75. The van der Waals surface area contributed by atoms with Crippen molar-refractivity contribution < 1.29 is 9.72 Å². The van der Waals surface area contributed by atoms with E-state index in [-0.39, 0.29) is 24.1 Å². The van der Waals surface area contributed by atoms with Gasteiger partial charge < -0.3 is 20.7 Å². The third-order valence-electron chi connectivity index (χ3n) is 3.29. The van der Waals surface area contributed by atoms with Crippen molar-refractivity contribution in [2.45, 2.75) is 6.92 Å². The average molecular weight is 410 g/mol. The Morgan fingerprint density at radius 1 is 1.50 bits per heavy atom. The zero-order valence-corrected chi connectivity index (χ0v) is 14.8. The lowest BCUT2D eigenvalue weighted by molar-refractivity contribution is -0.389. The summed E-state index contributed by atoms with van der Waals surface area (Å²) in [6.45, 7) is 1.75. The Balaban J connectivity index is 1.71. The van der Waals surface area contributed by atoms with Gasteiger partial charge in [-0.2, -0.15) is 9.38 Å². The molecule has 1 amide bonds. The molecular formula is C14H12BrN5O3S. The maximum atomic E-state index is 12.1. The highest BCUT2D eigenvalue weighted by Crippen LogP contribution is 2.27. The summed E-state index contributed by atoms with van der Waals surface area (Å²) in [7, 11) is 0. The minimum Gasteiger partial charge on any atom is -0.358 e. The summed E-state index contributed by atoms with van der Waals surface area (Å²) in [5.74, 6) is -0.417. The van der Waals surface area contributed by atoms with Gasteiger partial charge in [0.2, 0.25) is 11.7 Å². The Morgan fingerprint density at radius 2 is 2.29 bits per heavy atom. The molecule has 1 aromatic carbocycles. The number of nitrogens with zero attached hydrogens (tertiary/aromatic N) is 3. The molecule has 2 aromatic heterocycles. The van der Waals surface area contributed by atoms with E-state index in [1.165, 1.54) is 15.7 Å². The second-order valence-electron chi connectivity index (χ2n) is 4.96. The number of anilines is 2. The van der Waals surface area contributed by atoms with Crippen LogP contribution in [0.3, 0.4) is 0 Å². The first-order valence-electron chi connectivity index (χ1n) is 6.85. The predicted octanol–water partition coefficient (Wildman–Crippen LogP) is 3.43. The fourth-order valence-electron chi connectivity index (χ4n) is 2.19. The Hall–Kier alpha value is -2.46. The van der Waals surface area contributed by atoms with Crippen molar-refractivity contribution in [3.63, 3.8) is 0 Å². The summed E-state index contributed by atoms with van der Waals surface area (Å²) < 4.78 is 2.30. The number of thiazole rings is 1. The lowest BCUT2D eigenvalue weighted by atomic mass is 10.2. The molecule has 0 radical (unpaired) electrons. The largest absolute Gasteiger partial charge is 0.372 e. The number of hydrogen-bond donors (Lipinski definition) is 2. The summed E-state index contributed by atoms with van der Waals surface area (Å²) in [5, 5.41) is 18.4. The van der Waals surface area contributed by atoms with Crippen molar-refractivity contribution in [1.82, 2.24) is 9.38 Å². The number of halogens is 1. The van der Waals surface area contributed by atoms with Gasteiger partial charge in [-0.25, -0.2) is 0 Å². The molecule has 0 bridgehead atoms. The van der Waals surface area contributed by atoms with Crippen LogP contribution >= 0.6 is 27.3 Å². The van der Waals surface area contributed by atoms with E-state index in [1.807, 2.05) is 19.1 Å². The van der Waals surface area contributed by atoms with Gasteiger partial charge in [0.1, 0.15) is 6.20 Å². The first kappa shape index (κ1) is 16.4. The molecular weight excluding hydrogens is 398 g/mol. The summed E-state index contributed by atoms with van der Waals surface area (Å²) in [4.78, 5) is 27.4. The molecule has 0 saturated carbocycles. The van der Waals surface area contributed by atoms with Crippen LogP contribution < -0.4 is 10.6 Å². The summed E-state index contributed by atoms with van der Waals surface area (Å²) in [5.41, 5.74) is 1.59. The fourth-order valence-corrected chi connectivity index (χ4v) is 3.38. The van der Waals surface area contributed by atoms with Gasteiger partial charge in [0, 0.05) is 15.5 Å². The summed E-state index contributed by atoms with van der Waals surface area (Å²) in [6, 6.07) is 5.49. The molecule has 0 spiro atoms. The highest BCUT2D eigenvalue weighted by Gasteiger charge is 2.23. The first-order valence-corrected chi connectivity index (χ1v) is 8.53. The van der Waals surface area contributed by atoms with Crippen LogP contribution in [-0.2, 0) is 4.79 Å². The van der Waals surface area contributed by atoms with Gasteiger partial charge in [0.15, 0.2) is 0 Å². The molecule has 24 heavy (non-hydrogen) atoms. The smallest absolute Gasteiger partial charge is 0.358 e. The fraction of sp³-hybridized carbons (Fsp3) is 0.143. The maximum Gasteiger partial charge on any atom is 0.372 e. The van der Waals surface area contributed by atoms with Crippen LogP contribution in [0, 0.1) is 17.0 Å². The van der Waals surface area contributed by atoms with E-state index in [0.717, 1.165) is 10.0 Å². The van der Waals surface area contributed by atoms with Gasteiger partial charge in [-0.15, -0.1) is 0 Å². The van der Waals surface area contributed by atoms with Gasteiger partial charge in [-0.3, -0.25) is 4.79 Å². The quantitative estimate of drug-likeness (QED) is 0.496. The zero-order valence-electron chi connectivity index (χ0n) is 12.4. The van der Waals surface area contributed by atoms with Crippen molar-refractivity contribution >= 4 is 55.5 Å². The standard InChI is InChI=1S/C14H12BrN5O3S/c1-8-6-9(15)2-3-10(8)17-11(21)7-16-12-13(20(22)23)19-4-5-24-14(19)18-12/h2-6,16H,7H2,1H3,(H,17,21). The second kappa shape index (κ2) is 6.57. The number of aromatic nitrogens is 2. The van der Waals surface area contributed by atoms with Crippen LogP contribution in [0.25, 0.3) is 4.96 Å². The van der Waals surface area contributed by atoms with Gasteiger partial charge in [0.25, 0.3) is 4.96 Å². The first-order chi connectivity index (χ1) is 11.5. The van der Waals surface area contributed by atoms with E-state index in [1.54, 1.807) is 17.6 Å². The Bertz CT molecular complexity index is 936. The molecule has 0 unspecified atom stereocenters. The van der Waals surface area contributed by atoms with Crippen LogP contribution in [-0.4, -0.2) is 26.8 Å². The van der Waals surface area contributed by atoms with Crippen molar-refractivity contribution in [3.8, 4) is 0 Å². The number of benzene rings is 1. The van der Waals surface area contributed by atoms with Gasteiger partial charge in [-0.1, -0.05) is 27.3 Å². The molecule has 124 valence electrons. The Morgan fingerprint density at radius 3 is 3.00 bits per heavy atom. The SMILES string of the molecule is Cc1cc(Br)ccc1NC(=O)CNc1nc2sccn2c1[N+](=O)[O-]. The molecule has 2 N–H and O–H groups in total. The monoisotopic (exact) mass is 409 g/mol. The maximum absolute atomic E-state index is 12.1. The van der Waals surface area contributed by atoms with Crippen LogP contribution in [0.15, 0.2) is 34.2 Å². The van der Waals surface area contributed by atoms with Crippen molar-refractivity contribution in [2.24, 2.45) is 0 Å². The third kappa shape index (κ3) is 3.24. The molecule has 0 aliphatic carbocycles. The summed E-state index contributed by atoms with van der Waals surface area (Å²) in [6.07, 6.45) is 1.57. The van der Waals surface area contributed by atoms with E-state index >= 15 is 0 Å². The number of fused-ring (bicyclic) bond motifs is 1. The predicted molar refractivity (Wildman–Crippen MR) is 95.7 cm³/mol. The van der Waals surface area contributed by atoms with Crippen LogP contribution in [0.1, 0.15) is 5.56 Å². The number of hydrogen-bond acceptors (Lipinski definition) is 6. The van der Waals surface area contributed by atoms with E-state index in [0.29, 0.717) is 10.6 Å². The topological polar surface area (TPSA) is 102 Å². The van der Waals surface area contributed by atoms with Gasteiger partial charge in [-0.05, 0) is 35.6 Å². The van der Waals surface area contributed by atoms with Crippen molar-refractivity contribution in [2.75, 3.05) is 17.2 Å². The molecule has 3 rings (SSSR count). The number of carbonyl (C=O) groups excluding carboxylic acids is 1. The highest BCUT2D eigenvalue weighted by atomic mass is 79.9. The van der Waals surface area contributed by atoms with Crippen LogP contribution in [0.2, 0.25) is 0 Å². The number of aryl methyl sites for hydroxylation is 1. The van der Waals surface area contributed by atoms with Gasteiger partial charge >= 0.3 is 5.82 Å². The van der Waals surface area contributed by atoms with E-state index in [4.69, 9.17) is 0 Å². The average Bonchev–Trinajstić information content (AvgIpc) is 3.07. The summed E-state index contributed by atoms with van der Waals surface area (Å²) >= 11 is 4.64.